The highest BCUT2D eigenvalue weighted by Crippen LogP contribution is 2.41. The van der Waals surface area contributed by atoms with Crippen LogP contribution in [0, 0.1) is 23.7 Å². The molecule has 0 saturated carbocycles. The van der Waals surface area contributed by atoms with E-state index in [2.05, 4.69) is 5.16 Å². The molecule has 3 aliphatic rings. The summed E-state index contributed by atoms with van der Waals surface area (Å²) in [7, 11) is 7.19. The second kappa shape index (κ2) is 21.7. The Balaban J connectivity index is 1.83. The second-order valence-corrected chi connectivity index (χ2v) is 19.2. The number of cyclic esters (lactones) is 1. The van der Waals surface area contributed by atoms with Gasteiger partial charge in [0.15, 0.2) is 12.6 Å². The molecule has 18 atom stereocenters. The maximum absolute atomic E-state index is 14.4. The number of methoxy groups -OCH3 is 1. The zero-order valence-corrected chi connectivity index (χ0v) is 39.6. The molecule has 16 nitrogen and oxygen atoms in total. The minimum Gasteiger partial charge on any atom is -0.459 e. The molecular formula is C46H79N3O13. The molecule has 16 heteroatoms. The lowest BCUT2D eigenvalue weighted by Gasteiger charge is -2.49. The summed E-state index contributed by atoms with van der Waals surface area (Å²) in [5.74, 6) is -4.05. The molecule has 0 unspecified atom stereocenters. The number of rotatable bonds is 12. The van der Waals surface area contributed by atoms with Crippen LogP contribution in [0.4, 0.5) is 5.69 Å². The summed E-state index contributed by atoms with van der Waals surface area (Å²) < 4.78 is 37.9. The van der Waals surface area contributed by atoms with Crippen molar-refractivity contribution in [2.24, 2.45) is 28.8 Å². The van der Waals surface area contributed by atoms with Crippen LogP contribution in [0.2, 0.25) is 0 Å². The SMILES string of the molecule is CC[C@H]1OC(=O)[C@H](C)[C@@H](O[C@H]2C[C@@](C)(OC)[C@@H](O)[C@H](C)O2)[C@H](C)[C@@H](O[C@@H]2O[C@H](C)C[C@H](N(C)C)[C@H]2O)[C@@](C)(O)C[C@@H](C)/C(=N/OCCN(C)c2ccccc2)[C@H](C)[C@@H](O)[C@]1(C)O. The van der Waals surface area contributed by atoms with E-state index in [0.29, 0.717) is 18.7 Å². The van der Waals surface area contributed by atoms with Gasteiger partial charge < -0.3 is 68.6 Å². The van der Waals surface area contributed by atoms with Crippen LogP contribution in [0.5, 0.6) is 0 Å². The third-order valence-corrected chi connectivity index (χ3v) is 13.7. The lowest BCUT2D eigenvalue weighted by Crippen LogP contribution is -2.61. The van der Waals surface area contributed by atoms with Crippen LogP contribution in [0.1, 0.15) is 94.9 Å². The van der Waals surface area contributed by atoms with Crippen molar-refractivity contribution >= 4 is 17.4 Å². The van der Waals surface area contributed by atoms with E-state index in [1.807, 2.05) is 75.1 Å². The quantitative estimate of drug-likeness (QED) is 0.116. The number of anilines is 1. The number of carbonyl (C=O) groups excluding carboxylic acids is 1. The molecule has 1 aromatic rings. The van der Waals surface area contributed by atoms with E-state index in [9.17, 15) is 30.3 Å². The average molecular weight is 882 g/mol. The van der Waals surface area contributed by atoms with Gasteiger partial charge in [-0.2, -0.15) is 0 Å². The molecule has 0 aliphatic carbocycles. The van der Waals surface area contributed by atoms with E-state index in [-0.39, 0.29) is 38.0 Å². The summed E-state index contributed by atoms with van der Waals surface area (Å²) in [5.41, 5.74) is -3.40. The zero-order valence-electron chi connectivity index (χ0n) is 39.6. The second-order valence-electron chi connectivity index (χ2n) is 19.2. The lowest BCUT2D eigenvalue weighted by atomic mass is 9.73. The fraction of sp³-hybridized carbons (Fsp3) is 0.826. The summed E-state index contributed by atoms with van der Waals surface area (Å²) >= 11 is 0. The number of hydrogen-bond acceptors (Lipinski definition) is 16. The predicted octanol–water partition coefficient (Wildman–Crippen LogP) is 3.73. The van der Waals surface area contributed by atoms with Gasteiger partial charge in [-0.3, -0.25) is 4.79 Å². The number of likely N-dealkylation sites (N-methyl/N-ethyl adjacent to an activating group) is 2. The van der Waals surface area contributed by atoms with Crippen molar-refractivity contribution < 1.29 is 63.6 Å². The van der Waals surface area contributed by atoms with Crippen molar-refractivity contribution in [3.8, 4) is 0 Å². The van der Waals surface area contributed by atoms with Crippen LogP contribution in [0.15, 0.2) is 35.5 Å². The molecule has 3 heterocycles. The largest absolute Gasteiger partial charge is 0.459 e. The van der Waals surface area contributed by atoms with Gasteiger partial charge in [0.1, 0.15) is 30.5 Å². The van der Waals surface area contributed by atoms with E-state index < -0.39 is 102 Å². The molecule has 356 valence electrons. The van der Waals surface area contributed by atoms with Crippen molar-refractivity contribution in [2.75, 3.05) is 46.3 Å². The number of para-hydroxylation sites is 1. The van der Waals surface area contributed by atoms with Crippen molar-refractivity contribution in [2.45, 2.75) is 179 Å². The first-order valence-corrected chi connectivity index (χ1v) is 22.4. The summed E-state index contributed by atoms with van der Waals surface area (Å²) in [6, 6.07) is 9.50. The number of hydrogen-bond donors (Lipinski definition) is 5. The van der Waals surface area contributed by atoms with Crippen LogP contribution in [0.3, 0.4) is 0 Å². The number of nitrogens with zero attached hydrogens (tertiary/aromatic N) is 3. The normalized spacial score (nSPS) is 43.5. The van der Waals surface area contributed by atoms with E-state index >= 15 is 0 Å². The van der Waals surface area contributed by atoms with Crippen molar-refractivity contribution in [3.63, 3.8) is 0 Å². The van der Waals surface area contributed by atoms with Gasteiger partial charge in [-0.1, -0.05) is 51.0 Å². The van der Waals surface area contributed by atoms with E-state index in [1.165, 1.54) is 14.0 Å². The van der Waals surface area contributed by atoms with Gasteiger partial charge in [0, 0.05) is 50.1 Å². The first-order chi connectivity index (χ1) is 28.9. The molecule has 1 aromatic carbocycles. The molecule has 0 spiro atoms. The Kier molecular flexibility index (Phi) is 18.2. The highest BCUT2D eigenvalue weighted by molar-refractivity contribution is 5.88. The van der Waals surface area contributed by atoms with Gasteiger partial charge in [0.05, 0.1) is 59.9 Å². The summed E-state index contributed by atoms with van der Waals surface area (Å²) in [6.07, 6.45) is -9.37. The predicted molar refractivity (Wildman–Crippen MR) is 234 cm³/mol. The summed E-state index contributed by atoms with van der Waals surface area (Å²) in [6.45, 7) is 17.9. The Morgan fingerprint density at radius 1 is 0.887 bits per heavy atom. The molecule has 3 aliphatic heterocycles. The highest BCUT2D eigenvalue weighted by Gasteiger charge is 2.53. The summed E-state index contributed by atoms with van der Waals surface area (Å²) in [4.78, 5) is 24.3. The lowest BCUT2D eigenvalue weighted by molar-refractivity contribution is -0.317. The molecule has 4 rings (SSSR count). The first kappa shape index (κ1) is 52.1. The van der Waals surface area contributed by atoms with Crippen LogP contribution < -0.4 is 4.90 Å². The monoisotopic (exact) mass is 882 g/mol. The number of oxime groups is 1. The molecule has 0 radical (unpaired) electrons. The molecule has 0 bridgehead atoms. The van der Waals surface area contributed by atoms with Gasteiger partial charge in [0.2, 0.25) is 0 Å². The van der Waals surface area contributed by atoms with E-state index in [1.54, 1.807) is 48.5 Å². The number of ether oxygens (including phenoxy) is 6. The van der Waals surface area contributed by atoms with Crippen LogP contribution >= 0.6 is 0 Å². The van der Waals surface area contributed by atoms with Gasteiger partial charge in [-0.15, -0.1) is 0 Å². The number of esters is 1. The molecule has 0 amide bonds. The maximum atomic E-state index is 14.4. The molecule has 3 fully saturated rings. The van der Waals surface area contributed by atoms with Gasteiger partial charge in [-0.25, -0.2) is 0 Å². The van der Waals surface area contributed by atoms with Gasteiger partial charge >= 0.3 is 5.97 Å². The topological polar surface area (TPSA) is 202 Å². The van der Waals surface area contributed by atoms with Crippen molar-refractivity contribution in [1.82, 2.24) is 4.90 Å². The van der Waals surface area contributed by atoms with Crippen LogP contribution in [-0.4, -0.2) is 168 Å². The first-order valence-electron chi connectivity index (χ1n) is 22.4. The number of aliphatic hydroxyl groups is 5. The third-order valence-electron chi connectivity index (χ3n) is 13.7. The smallest absolute Gasteiger partial charge is 0.311 e. The standard InChI is InChI=1S/C46H79N3O13/c1-15-34-46(10,55)39(51)28(4)36(47-57-22-21-49(13)32-19-17-16-18-20-32)26(2)24-44(8,54)41(62-43-37(50)33(48(11)12)23-27(3)58-43)29(5)38(30(6)42(53)60-34)61-35-25-45(9,56-14)40(52)31(7)59-35/h16-20,26-31,33-35,37-41,43,50-52,54-55H,15,21-25H2,1-14H3/b47-36-/t26-,27-,28+,29+,30-,31+,33+,34-,35+,37-,38+,39-,40+,41-,43+,44+,45-,46-/m1/s1. The zero-order chi connectivity index (χ0) is 46.5. The Morgan fingerprint density at radius 3 is 2.13 bits per heavy atom. The third kappa shape index (κ3) is 12.0. The Hall–Kier alpha value is -2.48. The Labute approximate surface area is 369 Å². The van der Waals surface area contributed by atoms with Gasteiger partial charge in [0.25, 0.3) is 0 Å². The average Bonchev–Trinajstić information content (AvgIpc) is 3.22. The molecule has 62 heavy (non-hydrogen) atoms. The van der Waals surface area contributed by atoms with E-state index in [4.69, 9.17) is 33.3 Å². The molecule has 5 N–H and O–H groups in total. The fourth-order valence-corrected chi connectivity index (χ4v) is 9.70. The number of aliphatic hydroxyl groups excluding tert-OH is 3. The summed E-state index contributed by atoms with van der Waals surface area (Å²) in [5, 5.41) is 64.3. The maximum Gasteiger partial charge on any atom is 0.311 e. The molecule has 0 aromatic heterocycles. The van der Waals surface area contributed by atoms with Gasteiger partial charge in [-0.05, 0) is 87.0 Å². The number of benzene rings is 1. The fourth-order valence-electron chi connectivity index (χ4n) is 9.70. The Bertz CT molecular complexity index is 1580. The number of carbonyl (C=O) groups is 1. The van der Waals surface area contributed by atoms with Crippen LogP contribution in [0.25, 0.3) is 0 Å². The highest BCUT2D eigenvalue weighted by atomic mass is 16.7. The molecular weight excluding hydrogens is 803 g/mol. The Morgan fingerprint density at radius 2 is 1.53 bits per heavy atom. The van der Waals surface area contributed by atoms with Crippen molar-refractivity contribution in [3.05, 3.63) is 30.3 Å². The minimum absolute atomic E-state index is 0.00352. The van der Waals surface area contributed by atoms with Crippen LogP contribution in [-0.2, 0) is 38.1 Å². The minimum atomic E-state index is -1.95. The molecule has 3 saturated heterocycles. The van der Waals surface area contributed by atoms with E-state index in [0.717, 1.165) is 5.69 Å². The van der Waals surface area contributed by atoms with Crippen molar-refractivity contribution in [1.29, 1.82) is 0 Å².